The first-order chi connectivity index (χ1) is 17.1. The van der Waals surface area contributed by atoms with Gasteiger partial charge in [-0.2, -0.15) is 22.8 Å². The maximum atomic E-state index is 14.0. The molecule has 1 aromatic carbocycles. The highest BCUT2D eigenvalue weighted by molar-refractivity contribution is 6.01. The molecular weight excluding hydrogens is 482 g/mol. The van der Waals surface area contributed by atoms with E-state index >= 15 is 0 Å². The highest BCUT2D eigenvalue weighted by atomic mass is 19.4. The Morgan fingerprint density at radius 3 is 2.64 bits per heavy atom. The fourth-order valence-corrected chi connectivity index (χ4v) is 3.86. The Morgan fingerprint density at radius 1 is 1.17 bits per heavy atom. The van der Waals surface area contributed by atoms with Gasteiger partial charge >= 0.3 is 6.18 Å². The van der Waals surface area contributed by atoms with E-state index in [-0.39, 0.29) is 47.4 Å². The van der Waals surface area contributed by atoms with Crippen molar-refractivity contribution >= 4 is 23.2 Å². The number of nitrogen functional groups attached to an aromatic ring is 1. The number of amides is 1. The molecule has 2 bridgehead atoms. The van der Waals surface area contributed by atoms with Crippen molar-refractivity contribution in [1.29, 1.82) is 0 Å². The van der Waals surface area contributed by atoms with E-state index in [0.29, 0.717) is 11.1 Å². The number of pyridine rings is 1. The summed E-state index contributed by atoms with van der Waals surface area (Å²) in [5, 5.41) is 9.94. The molecule has 0 saturated heterocycles. The number of fused-ring (bicyclic) bond motifs is 2. The molecule has 4 heterocycles. The second-order valence-electron chi connectivity index (χ2n) is 8.20. The summed E-state index contributed by atoms with van der Waals surface area (Å²) >= 11 is 0. The van der Waals surface area contributed by atoms with E-state index in [1.54, 1.807) is 6.92 Å². The van der Waals surface area contributed by atoms with Crippen molar-refractivity contribution in [2.45, 2.75) is 25.7 Å². The molecule has 186 valence electrons. The predicted molar refractivity (Wildman–Crippen MR) is 122 cm³/mol. The molecule has 3 aromatic heterocycles. The van der Waals surface area contributed by atoms with Crippen molar-refractivity contribution in [2.75, 3.05) is 17.6 Å². The maximum absolute atomic E-state index is 14.0. The third-order valence-electron chi connectivity index (χ3n) is 5.63. The number of carbonyl (C=O) groups is 1. The Bertz CT molecular complexity index is 1470. The highest BCUT2D eigenvalue weighted by Gasteiger charge is 2.30. The zero-order valence-corrected chi connectivity index (χ0v) is 18.7. The van der Waals surface area contributed by atoms with Gasteiger partial charge in [0.1, 0.15) is 29.1 Å². The Balaban J connectivity index is 1.68. The Morgan fingerprint density at radius 2 is 1.92 bits per heavy atom. The predicted octanol–water partition coefficient (Wildman–Crippen LogP) is 3.65. The minimum absolute atomic E-state index is 0.00604. The van der Waals surface area contributed by atoms with Gasteiger partial charge in [-0.3, -0.25) is 4.79 Å². The second-order valence-corrected chi connectivity index (χ2v) is 8.20. The van der Waals surface area contributed by atoms with Crippen LogP contribution in [0.15, 0.2) is 42.7 Å². The van der Waals surface area contributed by atoms with Gasteiger partial charge in [-0.25, -0.2) is 14.4 Å². The third-order valence-corrected chi connectivity index (χ3v) is 5.63. The summed E-state index contributed by atoms with van der Waals surface area (Å²) in [6.07, 6.45) is -2.70. The Hall–Kier alpha value is -4.42. The number of carbonyl (C=O) groups excluding carboxylic acids is 1. The molecule has 9 nitrogen and oxygen atoms in total. The standard InChI is InChI=1S/C23H19F4N7O2/c1-11-7-30-21(35)16-10-32-34-18(28)17(12-2-4-14(5-3-12)23(25,26)27)19(33-20(16)34)29-8-13-6-15(24)9-31-22(13)36-11/h2-6,9-11H,7-8,28H2,1H3,(H,29,33)(H,30,35). The quantitative estimate of drug-likeness (QED) is 0.341. The number of rotatable bonds is 1. The monoisotopic (exact) mass is 501 g/mol. The SMILES string of the molecule is CC1CNC(=O)c2cnn3c(N)c(-c4ccc(C(F)(F)F)cc4)c(nc23)NCc2cc(F)cnc2O1. The topological polar surface area (TPSA) is 119 Å². The summed E-state index contributed by atoms with van der Waals surface area (Å²) in [6, 6.07) is 5.62. The van der Waals surface area contributed by atoms with Crippen LogP contribution in [0.4, 0.5) is 29.2 Å². The summed E-state index contributed by atoms with van der Waals surface area (Å²) in [5.74, 6) is -0.728. The van der Waals surface area contributed by atoms with Gasteiger partial charge in [0, 0.05) is 12.1 Å². The summed E-state index contributed by atoms with van der Waals surface area (Å²) in [4.78, 5) is 21.4. The van der Waals surface area contributed by atoms with E-state index in [0.717, 1.165) is 18.3 Å². The van der Waals surface area contributed by atoms with E-state index in [9.17, 15) is 22.4 Å². The average Bonchev–Trinajstić information content (AvgIpc) is 3.26. The van der Waals surface area contributed by atoms with Gasteiger partial charge in [-0.1, -0.05) is 12.1 Å². The van der Waals surface area contributed by atoms with Crippen LogP contribution in [-0.2, 0) is 12.7 Å². The smallest absolute Gasteiger partial charge is 0.416 e. The van der Waals surface area contributed by atoms with Crippen molar-refractivity contribution in [3.63, 3.8) is 0 Å². The average molecular weight is 501 g/mol. The number of nitrogens with two attached hydrogens (primary N) is 1. The largest absolute Gasteiger partial charge is 0.473 e. The Kier molecular flexibility index (Phi) is 5.61. The number of benzene rings is 1. The molecule has 1 unspecified atom stereocenters. The molecule has 0 spiro atoms. The van der Waals surface area contributed by atoms with E-state index in [1.807, 2.05) is 0 Å². The van der Waals surface area contributed by atoms with Crippen molar-refractivity contribution in [3.05, 3.63) is 65.2 Å². The third kappa shape index (κ3) is 4.23. The van der Waals surface area contributed by atoms with E-state index in [2.05, 4.69) is 25.7 Å². The number of anilines is 2. The van der Waals surface area contributed by atoms with E-state index in [4.69, 9.17) is 10.5 Å². The lowest BCUT2D eigenvalue weighted by atomic mass is 10.0. The molecule has 4 aromatic rings. The molecule has 1 amide bonds. The first kappa shape index (κ1) is 23.3. The second kappa shape index (κ2) is 8.66. The van der Waals surface area contributed by atoms with E-state index < -0.39 is 29.6 Å². The summed E-state index contributed by atoms with van der Waals surface area (Å²) in [6.45, 7) is 1.83. The molecule has 4 N–H and O–H groups in total. The molecule has 13 heteroatoms. The zero-order chi connectivity index (χ0) is 25.6. The lowest BCUT2D eigenvalue weighted by Crippen LogP contribution is -2.33. The molecule has 5 rings (SSSR count). The molecule has 36 heavy (non-hydrogen) atoms. The molecule has 1 aliphatic heterocycles. The van der Waals surface area contributed by atoms with Gasteiger partial charge in [0.05, 0.1) is 30.1 Å². The number of hydrogen-bond acceptors (Lipinski definition) is 7. The van der Waals surface area contributed by atoms with Crippen molar-refractivity contribution in [1.82, 2.24) is 24.9 Å². The van der Waals surface area contributed by atoms with E-state index in [1.165, 1.54) is 28.9 Å². The van der Waals surface area contributed by atoms with Crippen LogP contribution in [0, 0.1) is 5.82 Å². The normalized spacial score (nSPS) is 16.2. The van der Waals surface area contributed by atoms with Crippen molar-refractivity contribution in [2.24, 2.45) is 0 Å². The number of ether oxygens (including phenoxy) is 1. The number of hydrogen-bond donors (Lipinski definition) is 3. The fraction of sp³-hybridized carbons (Fsp3) is 0.217. The molecule has 0 aliphatic carbocycles. The Labute approximate surface area is 201 Å². The number of nitrogens with zero attached hydrogens (tertiary/aromatic N) is 4. The molecular formula is C23H19F4N7O2. The van der Waals surface area contributed by atoms with Gasteiger partial charge < -0.3 is 21.1 Å². The molecule has 1 atom stereocenters. The van der Waals surface area contributed by atoms with Gasteiger partial charge in [0.15, 0.2) is 5.65 Å². The highest BCUT2D eigenvalue weighted by Crippen LogP contribution is 2.37. The molecule has 0 fully saturated rings. The number of nitrogens with one attached hydrogen (secondary N) is 2. The first-order valence-electron chi connectivity index (χ1n) is 10.8. The lowest BCUT2D eigenvalue weighted by molar-refractivity contribution is -0.137. The van der Waals surface area contributed by atoms with Crippen LogP contribution >= 0.6 is 0 Å². The lowest BCUT2D eigenvalue weighted by Gasteiger charge is -2.18. The van der Waals surface area contributed by atoms with Crippen LogP contribution in [0.3, 0.4) is 0 Å². The van der Waals surface area contributed by atoms with Crippen LogP contribution < -0.4 is 21.1 Å². The molecule has 0 radical (unpaired) electrons. The number of alkyl halides is 3. The molecule has 0 saturated carbocycles. The summed E-state index contributed by atoms with van der Waals surface area (Å²) in [7, 11) is 0. The van der Waals surface area contributed by atoms with Crippen molar-refractivity contribution < 1.29 is 27.1 Å². The van der Waals surface area contributed by atoms with Crippen LogP contribution in [0.2, 0.25) is 0 Å². The molecule has 1 aliphatic rings. The number of halogens is 4. The number of aromatic nitrogens is 4. The minimum Gasteiger partial charge on any atom is -0.473 e. The minimum atomic E-state index is -4.51. The fourth-order valence-electron chi connectivity index (χ4n) is 3.86. The van der Waals surface area contributed by atoms with Crippen LogP contribution in [-0.4, -0.2) is 38.1 Å². The van der Waals surface area contributed by atoms with Crippen molar-refractivity contribution in [3.8, 4) is 17.0 Å². The van der Waals surface area contributed by atoms with Crippen LogP contribution in [0.25, 0.3) is 16.8 Å². The maximum Gasteiger partial charge on any atom is 0.416 e. The van der Waals surface area contributed by atoms with Gasteiger partial charge in [0.25, 0.3) is 5.91 Å². The van der Waals surface area contributed by atoms with Gasteiger partial charge in [-0.05, 0) is 30.7 Å². The van der Waals surface area contributed by atoms with Crippen LogP contribution in [0.5, 0.6) is 5.88 Å². The van der Waals surface area contributed by atoms with Crippen LogP contribution in [0.1, 0.15) is 28.4 Å². The summed E-state index contributed by atoms with van der Waals surface area (Å²) < 4.78 is 60.3. The first-order valence-corrected chi connectivity index (χ1v) is 10.8. The zero-order valence-electron chi connectivity index (χ0n) is 18.7. The van der Waals surface area contributed by atoms with Gasteiger partial charge in [0.2, 0.25) is 5.88 Å². The van der Waals surface area contributed by atoms with Gasteiger partial charge in [-0.15, -0.1) is 0 Å². The summed E-state index contributed by atoms with van der Waals surface area (Å²) in [5.41, 5.74) is 6.77.